The first-order valence-corrected chi connectivity index (χ1v) is 11.6. The molecule has 2 atom stereocenters. The lowest BCUT2D eigenvalue weighted by Gasteiger charge is -2.37. The number of β-amino-alcohol motifs (C(OH)–C–C–N with tert-alkyl or cyclic N) is 1. The van der Waals surface area contributed by atoms with Crippen molar-refractivity contribution in [2.75, 3.05) is 39.3 Å². The number of ether oxygens (including phenoxy) is 1. The maximum Gasteiger partial charge on any atom is 0.218 e. The minimum atomic E-state index is -3.26. The van der Waals surface area contributed by atoms with E-state index in [1.165, 1.54) is 0 Å². The zero-order valence-corrected chi connectivity index (χ0v) is 16.6. The Morgan fingerprint density at radius 1 is 1.15 bits per heavy atom. The Hall–Kier alpha value is -0.990. The highest BCUT2D eigenvalue weighted by Gasteiger charge is 2.44. The lowest BCUT2D eigenvalue weighted by molar-refractivity contribution is 0.0598. The highest BCUT2D eigenvalue weighted by atomic mass is 32.2. The molecule has 3 aliphatic heterocycles. The first-order chi connectivity index (χ1) is 12.9. The summed E-state index contributed by atoms with van der Waals surface area (Å²) in [6.45, 7) is 4.49. The lowest BCUT2D eigenvalue weighted by atomic mass is 9.77. The van der Waals surface area contributed by atoms with Crippen LogP contribution >= 0.6 is 0 Å². The van der Waals surface area contributed by atoms with Gasteiger partial charge in [-0.15, -0.1) is 0 Å². The van der Waals surface area contributed by atoms with Gasteiger partial charge in [0.15, 0.2) is 0 Å². The summed E-state index contributed by atoms with van der Waals surface area (Å²) in [5, 5.41) is 9.68. The topological polar surface area (TPSA) is 70.1 Å². The van der Waals surface area contributed by atoms with E-state index in [4.69, 9.17) is 4.74 Å². The molecule has 3 fully saturated rings. The Kier molecular flexibility index (Phi) is 5.58. The van der Waals surface area contributed by atoms with E-state index in [-0.39, 0.29) is 23.4 Å². The smallest absolute Gasteiger partial charge is 0.218 e. The fourth-order valence-corrected chi connectivity index (χ4v) is 6.28. The van der Waals surface area contributed by atoms with Gasteiger partial charge in [0.25, 0.3) is 0 Å². The SMILES string of the molecule is O=S(=O)(Cc1ccccc1)N1CCC2(CC1)CO[C@@H](CN1CC[C@@H](O)C1)C2. The van der Waals surface area contributed by atoms with Crippen molar-refractivity contribution in [3.8, 4) is 0 Å². The van der Waals surface area contributed by atoms with Crippen LogP contribution in [0.1, 0.15) is 31.2 Å². The molecule has 1 spiro atoms. The van der Waals surface area contributed by atoms with Crippen molar-refractivity contribution >= 4 is 10.0 Å². The van der Waals surface area contributed by atoms with Crippen molar-refractivity contribution in [2.24, 2.45) is 5.41 Å². The third-order valence-electron chi connectivity index (χ3n) is 6.36. The zero-order chi connectivity index (χ0) is 18.9. The molecule has 3 aliphatic rings. The summed E-state index contributed by atoms with van der Waals surface area (Å²) < 4.78 is 33.2. The molecular formula is C20H30N2O4S. The molecule has 0 aliphatic carbocycles. The average molecular weight is 395 g/mol. The fraction of sp³-hybridized carbons (Fsp3) is 0.700. The number of hydrogen-bond acceptors (Lipinski definition) is 5. The summed E-state index contributed by atoms with van der Waals surface area (Å²) in [7, 11) is -3.26. The van der Waals surface area contributed by atoms with Gasteiger partial charge < -0.3 is 9.84 Å². The molecule has 1 aromatic carbocycles. The molecule has 0 saturated carbocycles. The fourth-order valence-electron chi connectivity index (χ4n) is 4.74. The second kappa shape index (κ2) is 7.79. The Morgan fingerprint density at radius 2 is 1.89 bits per heavy atom. The molecule has 7 heteroatoms. The van der Waals surface area contributed by atoms with Crippen LogP contribution in [-0.2, 0) is 20.5 Å². The molecule has 0 unspecified atom stereocenters. The van der Waals surface area contributed by atoms with E-state index in [0.717, 1.165) is 57.5 Å². The number of piperidine rings is 1. The van der Waals surface area contributed by atoms with Gasteiger partial charge in [0.2, 0.25) is 10.0 Å². The van der Waals surface area contributed by atoms with E-state index >= 15 is 0 Å². The number of aliphatic hydroxyl groups excluding tert-OH is 1. The predicted octanol–water partition coefficient (Wildman–Crippen LogP) is 1.45. The van der Waals surface area contributed by atoms with Gasteiger partial charge in [-0.1, -0.05) is 30.3 Å². The van der Waals surface area contributed by atoms with Crippen LogP contribution in [0.15, 0.2) is 30.3 Å². The molecular weight excluding hydrogens is 364 g/mol. The Morgan fingerprint density at radius 3 is 2.56 bits per heavy atom. The highest BCUT2D eigenvalue weighted by Crippen LogP contribution is 2.42. The highest BCUT2D eigenvalue weighted by molar-refractivity contribution is 7.88. The van der Waals surface area contributed by atoms with Crippen LogP contribution in [-0.4, -0.2) is 74.3 Å². The van der Waals surface area contributed by atoms with Gasteiger partial charge in [-0.05, 0) is 36.7 Å². The Labute approximate surface area is 162 Å². The summed E-state index contributed by atoms with van der Waals surface area (Å²) in [4.78, 5) is 2.29. The second-order valence-electron chi connectivity index (χ2n) is 8.48. The number of likely N-dealkylation sites (tertiary alicyclic amines) is 1. The largest absolute Gasteiger partial charge is 0.392 e. The van der Waals surface area contributed by atoms with Crippen LogP contribution in [0, 0.1) is 5.41 Å². The van der Waals surface area contributed by atoms with Crippen LogP contribution in [0.25, 0.3) is 0 Å². The average Bonchev–Trinajstić information content (AvgIpc) is 3.22. The molecule has 4 rings (SSSR count). The number of sulfonamides is 1. The molecule has 6 nitrogen and oxygen atoms in total. The van der Waals surface area contributed by atoms with E-state index < -0.39 is 10.0 Å². The van der Waals surface area contributed by atoms with Gasteiger partial charge in [-0.2, -0.15) is 0 Å². The maximum absolute atomic E-state index is 12.7. The van der Waals surface area contributed by atoms with Crippen molar-refractivity contribution in [3.63, 3.8) is 0 Å². The predicted molar refractivity (Wildman–Crippen MR) is 104 cm³/mol. The number of rotatable bonds is 5. The first kappa shape index (κ1) is 19.3. The third kappa shape index (κ3) is 4.54. The second-order valence-corrected chi connectivity index (χ2v) is 10.4. The van der Waals surface area contributed by atoms with Crippen LogP contribution in [0.4, 0.5) is 0 Å². The monoisotopic (exact) mass is 394 g/mol. The van der Waals surface area contributed by atoms with Crippen molar-refractivity contribution in [1.29, 1.82) is 0 Å². The number of benzene rings is 1. The molecule has 27 heavy (non-hydrogen) atoms. The van der Waals surface area contributed by atoms with E-state index in [1.807, 2.05) is 30.3 Å². The number of nitrogens with zero attached hydrogens (tertiary/aromatic N) is 2. The summed E-state index contributed by atoms with van der Waals surface area (Å²) in [6, 6.07) is 9.40. The van der Waals surface area contributed by atoms with E-state index in [9.17, 15) is 13.5 Å². The van der Waals surface area contributed by atoms with Crippen LogP contribution < -0.4 is 0 Å². The molecule has 0 aromatic heterocycles. The van der Waals surface area contributed by atoms with Crippen molar-refractivity contribution < 1.29 is 18.3 Å². The summed E-state index contributed by atoms with van der Waals surface area (Å²) >= 11 is 0. The third-order valence-corrected chi connectivity index (χ3v) is 8.21. The van der Waals surface area contributed by atoms with Gasteiger partial charge in [-0.25, -0.2) is 12.7 Å². The lowest BCUT2D eigenvalue weighted by Crippen LogP contribution is -2.44. The summed E-state index contributed by atoms with van der Waals surface area (Å²) in [6.07, 6.45) is 3.62. The molecule has 1 aromatic rings. The minimum absolute atomic E-state index is 0.0806. The van der Waals surface area contributed by atoms with Gasteiger partial charge in [-0.3, -0.25) is 4.90 Å². The zero-order valence-electron chi connectivity index (χ0n) is 15.8. The van der Waals surface area contributed by atoms with E-state index in [1.54, 1.807) is 4.31 Å². The van der Waals surface area contributed by atoms with Gasteiger partial charge in [0, 0.05) is 32.7 Å². The summed E-state index contributed by atoms with van der Waals surface area (Å²) in [5.74, 6) is 0.0806. The number of aliphatic hydroxyl groups is 1. The molecule has 0 radical (unpaired) electrons. The summed E-state index contributed by atoms with van der Waals surface area (Å²) in [5.41, 5.74) is 0.969. The van der Waals surface area contributed by atoms with Gasteiger partial charge in [0.1, 0.15) is 0 Å². The molecule has 3 saturated heterocycles. The van der Waals surface area contributed by atoms with Gasteiger partial charge >= 0.3 is 0 Å². The minimum Gasteiger partial charge on any atom is -0.392 e. The Balaban J connectivity index is 1.29. The molecule has 0 bridgehead atoms. The van der Waals surface area contributed by atoms with Crippen molar-refractivity contribution in [1.82, 2.24) is 9.21 Å². The number of hydrogen-bond donors (Lipinski definition) is 1. The quantitative estimate of drug-likeness (QED) is 0.819. The van der Waals surface area contributed by atoms with Crippen LogP contribution in [0.5, 0.6) is 0 Å². The molecule has 150 valence electrons. The van der Waals surface area contributed by atoms with E-state index in [2.05, 4.69) is 4.90 Å². The van der Waals surface area contributed by atoms with Gasteiger partial charge in [0.05, 0.1) is 24.6 Å². The van der Waals surface area contributed by atoms with E-state index in [0.29, 0.717) is 13.1 Å². The van der Waals surface area contributed by atoms with Crippen LogP contribution in [0.3, 0.4) is 0 Å². The van der Waals surface area contributed by atoms with Crippen molar-refractivity contribution in [2.45, 2.75) is 43.6 Å². The molecule has 1 N–H and O–H groups in total. The first-order valence-electron chi connectivity index (χ1n) is 9.98. The maximum atomic E-state index is 12.7. The molecule has 3 heterocycles. The standard InChI is InChI=1S/C20H30N2O4S/c23-18-6-9-21(13-18)14-19-12-20(16-26-19)7-10-22(11-8-20)27(24,25)15-17-4-2-1-3-5-17/h1-5,18-19,23H,6-16H2/t18-,19-/m1/s1. The molecule has 0 amide bonds. The Bertz CT molecular complexity index is 732. The van der Waals surface area contributed by atoms with Crippen molar-refractivity contribution in [3.05, 3.63) is 35.9 Å². The van der Waals surface area contributed by atoms with Crippen LogP contribution in [0.2, 0.25) is 0 Å². The normalized spacial score (nSPS) is 29.5.